The van der Waals surface area contributed by atoms with E-state index in [-0.39, 0.29) is 12.0 Å². The molecule has 0 aromatic carbocycles. The molecule has 6 heteroatoms. The Morgan fingerprint density at radius 2 is 2.10 bits per heavy atom. The second-order valence-electron chi connectivity index (χ2n) is 4.89. The molecule has 0 spiro atoms. The minimum absolute atomic E-state index is 0.0455. The average molecular weight is 294 g/mol. The summed E-state index contributed by atoms with van der Waals surface area (Å²) in [4.78, 5) is 18.1. The van der Waals surface area contributed by atoms with Crippen molar-refractivity contribution in [3.8, 4) is 0 Å². The van der Waals surface area contributed by atoms with Gasteiger partial charge in [-0.15, -0.1) is 0 Å². The smallest absolute Gasteiger partial charge is 0.272 e. The van der Waals surface area contributed by atoms with Crippen molar-refractivity contribution in [2.24, 2.45) is 0 Å². The zero-order valence-electron chi connectivity index (χ0n) is 13.1. The molecule has 0 bridgehead atoms. The van der Waals surface area contributed by atoms with Crippen molar-refractivity contribution < 1.29 is 9.90 Å². The number of carbonyl (C=O) groups excluding carboxylic acids is 1. The van der Waals surface area contributed by atoms with Gasteiger partial charge in [0.1, 0.15) is 5.69 Å². The Morgan fingerprint density at radius 1 is 1.38 bits per heavy atom. The monoisotopic (exact) mass is 294 g/mol. The average Bonchev–Trinajstić information content (AvgIpc) is 2.48. The van der Waals surface area contributed by atoms with Crippen molar-refractivity contribution in [2.45, 2.75) is 26.9 Å². The van der Waals surface area contributed by atoms with Gasteiger partial charge in [0.15, 0.2) is 0 Å². The van der Waals surface area contributed by atoms with Gasteiger partial charge in [-0.1, -0.05) is 0 Å². The minimum Gasteiger partial charge on any atom is -0.392 e. The SMILES string of the molecule is CCN(CC)C(=O)c1cc(NCCNCC(C)O)ccn1. The molecule has 21 heavy (non-hydrogen) atoms. The summed E-state index contributed by atoms with van der Waals surface area (Å²) in [6.45, 7) is 9.05. The van der Waals surface area contributed by atoms with Crippen molar-refractivity contribution in [1.82, 2.24) is 15.2 Å². The Labute approximate surface area is 126 Å². The van der Waals surface area contributed by atoms with E-state index < -0.39 is 0 Å². The summed E-state index contributed by atoms with van der Waals surface area (Å²) >= 11 is 0. The highest BCUT2D eigenvalue weighted by Gasteiger charge is 2.13. The number of nitrogens with one attached hydrogen (secondary N) is 2. The molecule has 1 heterocycles. The van der Waals surface area contributed by atoms with Crippen molar-refractivity contribution in [3.05, 3.63) is 24.0 Å². The fraction of sp³-hybridized carbons (Fsp3) is 0.600. The molecule has 0 aliphatic rings. The van der Waals surface area contributed by atoms with Crippen LogP contribution in [-0.2, 0) is 0 Å². The third kappa shape index (κ3) is 6.10. The largest absolute Gasteiger partial charge is 0.392 e. The number of nitrogens with zero attached hydrogens (tertiary/aromatic N) is 2. The maximum Gasteiger partial charge on any atom is 0.272 e. The number of carbonyl (C=O) groups is 1. The predicted octanol–water partition coefficient (Wildman–Crippen LogP) is 0.946. The maximum atomic E-state index is 12.2. The summed E-state index contributed by atoms with van der Waals surface area (Å²) < 4.78 is 0. The van der Waals surface area contributed by atoms with Crippen LogP contribution in [0.2, 0.25) is 0 Å². The number of amides is 1. The van der Waals surface area contributed by atoms with Gasteiger partial charge in [0.05, 0.1) is 6.10 Å². The Hall–Kier alpha value is -1.66. The topological polar surface area (TPSA) is 77.5 Å². The summed E-state index contributed by atoms with van der Waals surface area (Å²) in [5, 5.41) is 15.5. The van der Waals surface area contributed by atoms with E-state index in [0.717, 1.165) is 18.8 Å². The molecule has 1 aromatic rings. The third-order valence-electron chi connectivity index (χ3n) is 3.10. The maximum absolute atomic E-state index is 12.2. The molecule has 0 aliphatic heterocycles. The molecule has 0 radical (unpaired) electrons. The second kappa shape index (κ2) is 9.31. The zero-order valence-corrected chi connectivity index (χ0v) is 13.1. The number of hydrogen-bond acceptors (Lipinski definition) is 5. The van der Waals surface area contributed by atoms with Gasteiger partial charge in [-0.25, -0.2) is 0 Å². The highest BCUT2D eigenvalue weighted by molar-refractivity contribution is 5.93. The zero-order chi connectivity index (χ0) is 15.7. The van der Waals surface area contributed by atoms with Crippen LogP contribution in [-0.4, -0.2) is 59.7 Å². The lowest BCUT2D eigenvalue weighted by Crippen LogP contribution is -2.31. The molecule has 0 saturated carbocycles. The molecule has 1 amide bonds. The lowest BCUT2D eigenvalue weighted by atomic mass is 10.2. The second-order valence-corrected chi connectivity index (χ2v) is 4.89. The number of aromatic nitrogens is 1. The molecule has 3 N–H and O–H groups in total. The van der Waals surface area contributed by atoms with Crippen LogP contribution in [0.25, 0.3) is 0 Å². The molecule has 1 rings (SSSR count). The first kappa shape index (κ1) is 17.4. The number of rotatable bonds is 9. The van der Waals surface area contributed by atoms with Crippen molar-refractivity contribution >= 4 is 11.6 Å². The summed E-state index contributed by atoms with van der Waals surface area (Å²) in [5.74, 6) is -0.0455. The van der Waals surface area contributed by atoms with Crippen molar-refractivity contribution in [1.29, 1.82) is 0 Å². The van der Waals surface area contributed by atoms with Crippen LogP contribution in [0.1, 0.15) is 31.3 Å². The number of aliphatic hydroxyl groups is 1. The van der Waals surface area contributed by atoms with E-state index in [1.165, 1.54) is 0 Å². The van der Waals surface area contributed by atoms with Crippen LogP contribution in [0.15, 0.2) is 18.3 Å². The molecular weight excluding hydrogens is 268 g/mol. The van der Waals surface area contributed by atoms with Gasteiger partial charge in [-0.05, 0) is 32.9 Å². The molecule has 6 nitrogen and oxygen atoms in total. The Morgan fingerprint density at radius 3 is 2.71 bits per heavy atom. The van der Waals surface area contributed by atoms with E-state index in [9.17, 15) is 4.79 Å². The summed E-state index contributed by atoms with van der Waals surface area (Å²) in [5.41, 5.74) is 1.33. The van der Waals surface area contributed by atoms with Gasteiger partial charge in [-0.2, -0.15) is 0 Å². The van der Waals surface area contributed by atoms with Crippen molar-refractivity contribution in [3.63, 3.8) is 0 Å². The molecule has 0 saturated heterocycles. The van der Waals surface area contributed by atoms with Gasteiger partial charge in [0, 0.05) is 44.6 Å². The van der Waals surface area contributed by atoms with Gasteiger partial charge < -0.3 is 20.6 Å². The van der Waals surface area contributed by atoms with Gasteiger partial charge in [0.2, 0.25) is 0 Å². The molecule has 0 aliphatic carbocycles. The Bertz CT molecular complexity index is 433. The lowest BCUT2D eigenvalue weighted by Gasteiger charge is -2.18. The first-order valence-electron chi connectivity index (χ1n) is 7.46. The quantitative estimate of drug-likeness (QED) is 0.591. The standard InChI is InChI=1S/C15H26N4O2/c1-4-19(5-2)15(21)14-10-13(6-7-18-14)17-9-8-16-11-12(3)20/h6-7,10,12,16,20H,4-5,8-9,11H2,1-3H3,(H,17,18). The molecule has 1 unspecified atom stereocenters. The summed E-state index contributed by atoms with van der Waals surface area (Å²) in [6.07, 6.45) is 1.30. The molecule has 0 fully saturated rings. The van der Waals surface area contributed by atoms with Crippen LogP contribution >= 0.6 is 0 Å². The highest BCUT2D eigenvalue weighted by atomic mass is 16.3. The fourth-order valence-electron chi connectivity index (χ4n) is 1.94. The van der Waals surface area contributed by atoms with Gasteiger partial charge in [0.25, 0.3) is 5.91 Å². The Balaban J connectivity index is 2.50. The summed E-state index contributed by atoms with van der Waals surface area (Å²) in [7, 11) is 0. The van der Waals surface area contributed by atoms with Crippen LogP contribution < -0.4 is 10.6 Å². The number of aliphatic hydroxyl groups excluding tert-OH is 1. The highest BCUT2D eigenvalue weighted by Crippen LogP contribution is 2.09. The predicted molar refractivity (Wildman–Crippen MR) is 84.5 cm³/mol. The van der Waals surface area contributed by atoms with E-state index in [1.807, 2.05) is 19.9 Å². The third-order valence-corrected chi connectivity index (χ3v) is 3.10. The molecular formula is C15H26N4O2. The van der Waals surface area contributed by atoms with E-state index in [1.54, 1.807) is 24.1 Å². The van der Waals surface area contributed by atoms with Crippen LogP contribution in [0.4, 0.5) is 5.69 Å². The Kier molecular flexibility index (Phi) is 7.71. The lowest BCUT2D eigenvalue weighted by molar-refractivity contribution is 0.0767. The van der Waals surface area contributed by atoms with E-state index in [4.69, 9.17) is 5.11 Å². The molecule has 118 valence electrons. The van der Waals surface area contributed by atoms with E-state index in [2.05, 4.69) is 15.6 Å². The molecule has 1 atom stereocenters. The van der Waals surface area contributed by atoms with Crippen molar-refractivity contribution in [2.75, 3.05) is 38.0 Å². The first-order valence-corrected chi connectivity index (χ1v) is 7.46. The van der Waals surface area contributed by atoms with Crippen LogP contribution in [0, 0.1) is 0 Å². The van der Waals surface area contributed by atoms with Gasteiger partial charge >= 0.3 is 0 Å². The van der Waals surface area contributed by atoms with Crippen LogP contribution in [0.5, 0.6) is 0 Å². The first-order chi connectivity index (χ1) is 10.1. The fourth-order valence-corrected chi connectivity index (χ4v) is 1.94. The molecule has 1 aromatic heterocycles. The van der Waals surface area contributed by atoms with Gasteiger partial charge in [-0.3, -0.25) is 9.78 Å². The minimum atomic E-state index is -0.343. The van der Waals surface area contributed by atoms with E-state index >= 15 is 0 Å². The summed E-state index contributed by atoms with van der Waals surface area (Å²) in [6, 6.07) is 3.61. The number of hydrogen-bond donors (Lipinski definition) is 3. The normalized spacial score (nSPS) is 12.0. The van der Waals surface area contributed by atoms with E-state index in [0.29, 0.717) is 25.3 Å². The number of pyridine rings is 1. The number of anilines is 1. The van der Waals surface area contributed by atoms with Crippen LogP contribution in [0.3, 0.4) is 0 Å².